The number of hydrogen-bond acceptors (Lipinski definition) is 4. The molecule has 0 unspecified atom stereocenters. The van der Waals surface area contributed by atoms with Gasteiger partial charge in [0.25, 0.3) is 0 Å². The van der Waals surface area contributed by atoms with Crippen molar-refractivity contribution in [3.05, 3.63) is 59.1 Å². The Morgan fingerprint density at radius 1 is 1.17 bits per heavy atom. The summed E-state index contributed by atoms with van der Waals surface area (Å²) in [4.78, 5) is 20.4. The molecule has 1 heterocycles. The van der Waals surface area contributed by atoms with Crippen LogP contribution in [0.3, 0.4) is 0 Å². The number of nitrogens with one attached hydrogen (secondary N) is 1. The van der Waals surface area contributed by atoms with Crippen molar-refractivity contribution in [2.75, 3.05) is 56.7 Å². The lowest BCUT2D eigenvalue weighted by Gasteiger charge is -2.37. The highest BCUT2D eigenvalue weighted by Crippen LogP contribution is 2.21. The third-order valence-corrected chi connectivity index (χ3v) is 5.14. The van der Waals surface area contributed by atoms with E-state index in [2.05, 4.69) is 21.2 Å². The Hall–Kier alpha value is -2.77. The molecule has 1 fully saturated rings. The summed E-state index contributed by atoms with van der Waals surface area (Å²) in [6.07, 6.45) is 0.835. The second-order valence-corrected chi connectivity index (χ2v) is 7.45. The molecule has 2 aromatic rings. The Labute approximate surface area is 181 Å². The van der Waals surface area contributed by atoms with Crippen LogP contribution in [-0.2, 0) is 4.74 Å². The molecule has 0 radical (unpaired) electrons. The summed E-state index contributed by atoms with van der Waals surface area (Å²) in [5.74, 6) is -0.146. The number of halogens is 1. The van der Waals surface area contributed by atoms with Crippen LogP contribution in [0.4, 0.5) is 11.4 Å². The maximum absolute atomic E-state index is 11.1. The number of anilines is 2. The van der Waals surface area contributed by atoms with Gasteiger partial charge in [-0.15, -0.1) is 0 Å². The number of methoxy groups -OCH3 is 1. The maximum atomic E-state index is 11.1. The zero-order valence-electron chi connectivity index (χ0n) is 17.1. The fourth-order valence-corrected chi connectivity index (χ4v) is 3.47. The van der Waals surface area contributed by atoms with Gasteiger partial charge < -0.3 is 25.0 Å². The number of carboxylic acid groups (broad SMARTS) is 1. The molecule has 1 aliphatic heterocycles. The number of piperazine rings is 1. The third-order valence-electron chi connectivity index (χ3n) is 4.91. The molecule has 3 rings (SSSR count). The Balaban J connectivity index is 1.67. The molecule has 160 valence electrons. The van der Waals surface area contributed by atoms with Crippen LogP contribution >= 0.6 is 11.6 Å². The number of carbonyl (C=O) groups is 1. The van der Waals surface area contributed by atoms with E-state index in [4.69, 9.17) is 26.4 Å². The molecule has 30 heavy (non-hydrogen) atoms. The summed E-state index contributed by atoms with van der Waals surface area (Å²) in [6.45, 7) is 4.66. The van der Waals surface area contributed by atoms with Gasteiger partial charge in [-0.2, -0.15) is 0 Å². The summed E-state index contributed by atoms with van der Waals surface area (Å²) < 4.78 is 5.12. The molecule has 0 saturated carbocycles. The van der Waals surface area contributed by atoms with Crippen LogP contribution < -0.4 is 10.2 Å². The van der Waals surface area contributed by atoms with Crippen LogP contribution in [0.2, 0.25) is 5.02 Å². The molecule has 2 N–H and O–H groups in total. The average molecular weight is 431 g/mol. The summed E-state index contributed by atoms with van der Waals surface area (Å²) in [7, 11) is 1.68. The Kier molecular flexibility index (Phi) is 7.93. The number of ether oxygens (including phenoxy) is 1. The second kappa shape index (κ2) is 10.8. The Bertz CT molecular complexity index is 865. The fraction of sp³-hybridized carbons (Fsp3) is 0.364. The first-order valence-corrected chi connectivity index (χ1v) is 10.3. The minimum Gasteiger partial charge on any atom is -0.478 e. The second-order valence-electron chi connectivity index (χ2n) is 7.01. The van der Waals surface area contributed by atoms with Gasteiger partial charge in [0.2, 0.25) is 0 Å². The SMILES string of the molecule is COCCCN=C(Nc1ccc(C(=O)O)cc1)N1CCN(c2cccc(Cl)c2)CC1. The smallest absolute Gasteiger partial charge is 0.335 e. The van der Waals surface area contributed by atoms with Crippen LogP contribution in [0.5, 0.6) is 0 Å². The monoisotopic (exact) mass is 430 g/mol. The highest BCUT2D eigenvalue weighted by atomic mass is 35.5. The van der Waals surface area contributed by atoms with Gasteiger partial charge in [-0.1, -0.05) is 17.7 Å². The van der Waals surface area contributed by atoms with E-state index in [1.165, 1.54) is 0 Å². The number of rotatable bonds is 7. The van der Waals surface area contributed by atoms with Crippen LogP contribution in [0.15, 0.2) is 53.5 Å². The lowest BCUT2D eigenvalue weighted by Crippen LogP contribution is -2.50. The van der Waals surface area contributed by atoms with E-state index in [0.29, 0.717) is 13.2 Å². The first kappa shape index (κ1) is 21.9. The molecule has 0 amide bonds. The Morgan fingerprint density at radius 2 is 1.90 bits per heavy atom. The molecule has 2 aromatic carbocycles. The van der Waals surface area contributed by atoms with Crippen molar-refractivity contribution in [2.45, 2.75) is 6.42 Å². The maximum Gasteiger partial charge on any atom is 0.335 e. The largest absolute Gasteiger partial charge is 0.478 e. The van der Waals surface area contributed by atoms with Crippen molar-refractivity contribution in [2.24, 2.45) is 4.99 Å². The van der Waals surface area contributed by atoms with E-state index in [0.717, 1.165) is 55.0 Å². The molecule has 1 saturated heterocycles. The first-order chi connectivity index (χ1) is 14.6. The van der Waals surface area contributed by atoms with Gasteiger partial charge >= 0.3 is 5.97 Å². The van der Waals surface area contributed by atoms with Crippen molar-refractivity contribution in [3.63, 3.8) is 0 Å². The molecule has 1 aliphatic rings. The molecular weight excluding hydrogens is 404 g/mol. The number of guanidine groups is 1. The van der Waals surface area contributed by atoms with E-state index in [9.17, 15) is 4.79 Å². The van der Waals surface area contributed by atoms with Gasteiger partial charge in [0, 0.05) is 62.8 Å². The number of hydrogen-bond donors (Lipinski definition) is 2. The highest BCUT2D eigenvalue weighted by molar-refractivity contribution is 6.30. The Morgan fingerprint density at radius 3 is 2.53 bits per heavy atom. The van der Waals surface area contributed by atoms with E-state index in [1.807, 2.05) is 18.2 Å². The van der Waals surface area contributed by atoms with Crippen LogP contribution in [0.1, 0.15) is 16.8 Å². The molecule has 0 atom stereocenters. The quantitative estimate of drug-likeness (QED) is 0.396. The number of benzene rings is 2. The van der Waals surface area contributed by atoms with E-state index >= 15 is 0 Å². The lowest BCUT2D eigenvalue weighted by molar-refractivity contribution is 0.0697. The number of carboxylic acids is 1. The van der Waals surface area contributed by atoms with Gasteiger partial charge in [-0.25, -0.2) is 4.79 Å². The first-order valence-electron chi connectivity index (χ1n) is 9.96. The molecule has 0 aliphatic carbocycles. The van der Waals surface area contributed by atoms with Gasteiger partial charge in [-0.05, 0) is 48.9 Å². The van der Waals surface area contributed by atoms with Crippen molar-refractivity contribution >= 4 is 34.9 Å². The molecule has 8 heteroatoms. The standard InChI is InChI=1S/C22H27ClN4O3/c1-30-15-3-10-24-22(25-19-8-6-17(7-9-19)21(28)29)27-13-11-26(12-14-27)20-5-2-4-18(23)16-20/h2,4-9,16H,3,10-15H2,1H3,(H,24,25)(H,28,29). The molecular formula is C22H27ClN4O3. The summed E-state index contributed by atoms with van der Waals surface area (Å²) >= 11 is 6.13. The topological polar surface area (TPSA) is 77.4 Å². The predicted molar refractivity (Wildman–Crippen MR) is 121 cm³/mol. The van der Waals surface area contributed by atoms with Gasteiger partial charge in [0.1, 0.15) is 0 Å². The fourth-order valence-electron chi connectivity index (χ4n) is 3.29. The van der Waals surface area contributed by atoms with Crippen molar-refractivity contribution in [3.8, 4) is 0 Å². The van der Waals surface area contributed by atoms with Gasteiger partial charge in [0.05, 0.1) is 5.56 Å². The van der Waals surface area contributed by atoms with Gasteiger partial charge in [0.15, 0.2) is 5.96 Å². The van der Waals surface area contributed by atoms with E-state index in [-0.39, 0.29) is 5.56 Å². The van der Waals surface area contributed by atoms with E-state index < -0.39 is 5.97 Å². The average Bonchev–Trinajstić information content (AvgIpc) is 2.76. The molecule has 0 aromatic heterocycles. The zero-order valence-corrected chi connectivity index (χ0v) is 17.8. The minimum absolute atomic E-state index is 0.259. The van der Waals surface area contributed by atoms with Crippen molar-refractivity contribution in [1.82, 2.24) is 4.90 Å². The van der Waals surface area contributed by atoms with E-state index in [1.54, 1.807) is 31.4 Å². The van der Waals surface area contributed by atoms with Crippen molar-refractivity contribution in [1.29, 1.82) is 0 Å². The molecule has 7 nitrogen and oxygen atoms in total. The van der Waals surface area contributed by atoms with Crippen LogP contribution in [0, 0.1) is 0 Å². The van der Waals surface area contributed by atoms with Crippen LogP contribution in [-0.4, -0.2) is 68.4 Å². The number of nitrogens with zero attached hydrogens (tertiary/aromatic N) is 3. The molecule has 0 spiro atoms. The summed E-state index contributed by atoms with van der Waals surface area (Å²) in [6, 6.07) is 14.6. The molecule has 0 bridgehead atoms. The summed E-state index contributed by atoms with van der Waals surface area (Å²) in [5.41, 5.74) is 2.19. The normalized spacial score (nSPS) is 14.7. The van der Waals surface area contributed by atoms with Gasteiger partial charge in [-0.3, -0.25) is 4.99 Å². The third kappa shape index (κ3) is 6.11. The summed E-state index contributed by atoms with van der Waals surface area (Å²) in [5, 5.41) is 13.2. The predicted octanol–water partition coefficient (Wildman–Crippen LogP) is 3.66. The zero-order chi connectivity index (χ0) is 21.3. The number of aliphatic imine (C=N–C) groups is 1. The minimum atomic E-state index is -0.938. The highest BCUT2D eigenvalue weighted by Gasteiger charge is 2.20. The van der Waals surface area contributed by atoms with Crippen LogP contribution in [0.25, 0.3) is 0 Å². The number of aromatic carboxylic acids is 1. The lowest BCUT2D eigenvalue weighted by atomic mass is 10.2. The van der Waals surface area contributed by atoms with Crippen molar-refractivity contribution < 1.29 is 14.6 Å².